The molecule has 28 heavy (non-hydrogen) atoms. The number of primary amides is 1. The number of amides is 1. The van der Waals surface area contributed by atoms with E-state index in [1.54, 1.807) is 0 Å². The molecule has 4 aliphatic rings. The average molecular weight is 395 g/mol. The molecule has 0 aromatic rings. The summed E-state index contributed by atoms with van der Waals surface area (Å²) in [5, 5.41) is 7.43. The zero-order valence-electron chi connectivity index (χ0n) is 17.4. The summed E-state index contributed by atoms with van der Waals surface area (Å²) in [7, 11) is 0. The molecule has 160 valence electrons. The van der Waals surface area contributed by atoms with E-state index in [2.05, 4.69) is 39.8 Å². The number of piperidine rings is 2. The van der Waals surface area contributed by atoms with Gasteiger partial charge in [0.1, 0.15) is 6.23 Å². The van der Waals surface area contributed by atoms with E-state index >= 15 is 0 Å². The Labute approximate surface area is 168 Å². The molecule has 4 heterocycles. The Morgan fingerprint density at radius 2 is 1.93 bits per heavy atom. The summed E-state index contributed by atoms with van der Waals surface area (Å²) in [6, 6.07) is 1.02. The van der Waals surface area contributed by atoms with Crippen LogP contribution in [0.15, 0.2) is 0 Å². The lowest BCUT2D eigenvalue weighted by Crippen LogP contribution is -2.57. The van der Waals surface area contributed by atoms with Crippen LogP contribution in [-0.4, -0.2) is 72.5 Å². The van der Waals surface area contributed by atoms with E-state index in [-0.39, 0.29) is 24.2 Å². The predicted molar refractivity (Wildman–Crippen MR) is 108 cm³/mol. The second-order valence-corrected chi connectivity index (χ2v) is 9.31. The second-order valence-electron chi connectivity index (χ2n) is 9.31. The van der Waals surface area contributed by atoms with Crippen molar-refractivity contribution in [1.29, 1.82) is 0 Å². The van der Waals surface area contributed by atoms with Gasteiger partial charge in [-0.05, 0) is 71.4 Å². The lowest BCUT2D eigenvalue weighted by atomic mass is 9.90. The molecule has 0 aromatic heterocycles. The first-order chi connectivity index (χ1) is 13.5. The summed E-state index contributed by atoms with van der Waals surface area (Å²) in [5.41, 5.74) is 8.79. The van der Waals surface area contributed by atoms with Crippen molar-refractivity contribution in [2.24, 2.45) is 17.6 Å². The topological polar surface area (TPSA) is 94.9 Å². The summed E-state index contributed by atoms with van der Waals surface area (Å²) in [5.74, 6) is 0.455. The number of hydrogen-bond acceptors (Lipinski definition) is 7. The molecule has 0 saturated carbocycles. The van der Waals surface area contributed by atoms with E-state index in [9.17, 15) is 4.79 Å². The van der Waals surface area contributed by atoms with E-state index in [0.29, 0.717) is 24.2 Å². The van der Waals surface area contributed by atoms with Gasteiger partial charge in [0.25, 0.3) is 0 Å². The van der Waals surface area contributed by atoms with Gasteiger partial charge < -0.3 is 11.1 Å². The van der Waals surface area contributed by atoms with Crippen LogP contribution in [0.1, 0.15) is 52.4 Å². The maximum absolute atomic E-state index is 11.4. The summed E-state index contributed by atoms with van der Waals surface area (Å²) in [6.45, 7) is 8.65. The quantitative estimate of drug-likeness (QED) is 0.528. The third kappa shape index (κ3) is 4.37. The van der Waals surface area contributed by atoms with Crippen LogP contribution in [0.4, 0.5) is 0 Å². The maximum atomic E-state index is 11.4. The zero-order chi connectivity index (χ0) is 19.7. The van der Waals surface area contributed by atoms with E-state index in [4.69, 9.17) is 10.6 Å². The number of hydroxylamine groups is 1. The number of hydrogen-bond donors (Lipinski definition) is 4. The molecule has 5 unspecified atom stereocenters. The normalized spacial score (nSPS) is 39.0. The van der Waals surface area contributed by atoms with Gasteiger partial charge in [0.2, 0.25) is 5.91 Å². The van der Waals surface area contributed by atoms with Crippen molar-refractivity contribution < 1.29 is 9.63 Å². The molecule has 0 aliphatic carbocycles. The Kier molecular flexibility index (Phi) is 6.54. The highest BCUT2D eigenvalue weighted by molar-refractivity contribution is 5.76. The third-order valence-electron chi connectivity index (χ3n) is 7.29. The lowest BCUT2D eigenvalue weighted by molar-refractivity contribution is -0.123. The first-order valence-corrected chi connectivity index (χ1v) is 11.2. The molecule has 4 aliphatic heterocycles. The Hall–Kier alpha value is -0.770. The van der Waals surface area contributed by atoms with E-state index in [1.807, 2.05) is 0 Å². The number of likely N-dealkylation sites (tertiary alicyclic amines) is 2. The molecule has 5 N–H and O–H groups in total. The minimum atomic E-state index is -0.140. The maximum Gasteiger partial charge on any atom is 0.220 e. The fourth-order valence-corrected chi connectivity index (χ4v) is 5.59. The summed E-state index contributed by atoms with van der Waals surface area (Å²) < 4.78 is 0. The van der Waals surface area contributed by atoms with E-state index < -0.39 is 0 Å². The molecule has 8 heteroatoms. The number of rotatable bonds is 5. The van der Waals surface area contributed by atoms with Crippen LogP contribution in [-0.2, 0) is 9.63 Å². The Morgan fingerprint density at radius 3 is 2.64 bits per heavy atom. The fraction of sp³-hybridized carbons (Fsp3) is 0.950. The first kappa shape index (κ1) is 20.5. The van der Waals surface area contributed by atoms with Gasteiger partial charge >= 0.3 is 0 Å². The van der Waals surface area contributed by atoms with Gasteiger partial charge in [-0.1, -0.05) is 0 Å². The smallest absolute Gasteiger partial charge is 0.220 e. The number of nitrogens with zero attached hydrogens (tertiary/aromatic N) is 2. The van der Waals surface area contributed by atoms with Crippen molar-refractivity contribution in [3.05, 3.63) is 0 Å². The molecule has 4 saturated heterocycles. The van der Waals surface area contributed by atoms with Crippen molar-refractivity contribution in [1.82, 2.24) is 25.9 Å². The van der Waals surface area contributed by atoms with Gasteiger partial charge in [-0.25, -0.2) is 0 Å². The predicted octanol–water partition coefficient (Wildman–Crippen LogP) is 0.159. The first-order valence-electron chi connectivity index (χ1n) is 11.2. The van der Waals surface area contributed by atoms with Crippen LogP contribution >= 0.6 is 0 Å². The number of carbonyl (C=O) groups excluding carboxylic acids is 1. The summed E-state index contributed by atoms with van der Waals surface area (Å²) >= 11 is 0. The van der Waals surface area contributed by atoms with Gasteiger partial charge in [-0.3, -0.25) is 24.7 Å². The van der Waals surface area contributed by atoms with Crippen molar-refractivity contribution in [3.63, 3.8) is 0 Å². The average Bonchev–Trinajstić information content (AvgIpc) is 3.37. The summed E-state index contributed by atoms with van der Waals surface area (Å²) in [6.07, 6.45) is 7.15. The number of nitrogens with two attached hydrogens (primary N) is 1. The summed E-state index contributed by atoms with van der Waals surface area (Å²) in [4.78, 5) is 22.5. The molecule has 4 rings (SSSR count). The molecular formula is C20H38N6O2. The van der Waals surface area contributed by atoms with Crippen LogP contribution in [0.2, 0.25) is 0 Å². The van der Waals surface area contributed by atoms with E-state index in [0.717, 1.165) is 45.3 Å². The Bertz CT molecular complexity index is 539. The minimum Gasteiger partial charge on any atom is -0.369 e. The highest BCUT2D eigenvalue weighted by Crippen LogP contribution is 2.29. The molecule has 0 radical (unpaired) electrons. The Balaban J connectivity index is 1.29. The van der Waals surface area contributed by atoms with Gasteiger partial charge in [0, 0.05) is 25.0 Å². The van der Waals surface area contributed by atoms with Crippen molar-refractivity contribution >= 4 is 5.91 Å². The van der Waals surface area contributed by atoms with Crippen LogP contribution in [0, 0.1) is 11.8 Å². The zero-order valence-corrected chi connectivity index (χ0v) is 17.4. The van der Waals surface area contributed by atoms with Gasteiger partial charge in [0.15, 0.2) is 0 Å². The standard InChI is InChI=1S/C20H38N6O2/c1-13(2)26-9-3-4-16(26)20-23-19(24-28-20)15-5-8-22-17(12-15)25-10-6-14(7-11-25)18(21)27/h13-17,19-20,22-24H,3-12H2,1-2H3,(H2,21,27). The van der Waals surface area contributed by atoms with Gasteiger partial charge in [-0.15, -0.1) is 0 Å². The highest BCUT2D eigenvalue weighted by Gasteiger charge is 2.42. The lowest BCUT2D eigenvalue weighted by Gasteiger charge is -2.42. The molecule has 0 aromatic carbocycles. The molecule has 0 spiro atoms. The number of carbonyl (C=O) groups is 1. The van der Waals surface area contributed by atoms with Crippen molar-refractivity contribution in [2.75, 3.05) is 26.2 Å². The van der Waals surface area contributed by atoms with Crippen LogP contribution in [0.3, 0.4) is 0 Å². The fourth-order valence-electron chi connectivity index (χ4n) is 5.59. The molecule has 5 atom stereocenters. The SMILES string of the molecule is CC(C)N1CCCC1C1NC(C2CCNC(N3CCC(C(N)=O)CC3)C2)NO1. The van der Waals surface area contributed by atoms with Crippen LogP contribution < -0.4 is 21.8 Å². The monoisotopic (exact) mass is 394 g/mol. The molecule has 0 bridgehead atoms. The molecule has 4 fully saturated rings. The second kappa shape index (κ2) is 8.93. The number of nitrogens with one attached hydrogen (secondary N) is 3. The molecule has 1 amide bonds. The molecular weight excluding hydrogens is 356 g/mol. The highest BCUT2D eigenvalue weighted by atomic mass is 16.7. The molecule has 8 nitrogen and oxygen atoms in total. The van der Waals surface area contributed by atoms with Crippen LogP contribution in [0.25, 0.3) is 0 Å². The van der Waals surface area contributed by atoms with Gasteiger partial charge in [-0.2, -0.15) is 5.48 Å². The Morgan fingerprint density at radius 1 is 1.14 bits per heavy atom. The minimum absolute atomic E-state index is 0.0540. The van der Waals surface area contributed by atoms with Crippen molar-refractivity contribution in [3.8, 4) is 0 Å². The van der Waals surface area contributed by atoms with Crippen molar-refractivity contribution in [2.45, 2.75) is 83.0 Å². The van der Waals surface area contributed by atoms with Gasteiger partial charge in [0.05, 0.1) is 18.4 Å². The van der Waals surface area contributed by atoms with Crippen LogP contribution in [0.5, 0.6) is 0 Å². The largest absolute Gasteiger partial charge is 0.369 e. The van der Waals surface area contributed by atoms with E-state index in [1.165, 1.54) is 19.4 Å². The third-order valence-corrected chi connectivity index (χ3v) is 7.29.